The SMILES string of the molecule is CCC1=[C-]C(CC)C=C1C(C)(C)C.[Zr+2]=[C]1CCCCC1.[c-]1cccc2c1Cc1ccccc1-2. The van der Waals surface area contributed by atoms with E-state index in [1.54, 1.807) is 27.4 Å². The van der Waals surface area contributed by atoms with Gasteiger partial charge in [0, 0.05) is 0 Å². The molecule has 0 aromatic heterocycles. The summed E-state index contributed by atoms with van der Waals surface area (Å²) in [7, 11) is 0. The van der Waals surface area contributed by atoms with Gasteiger partial charge in [0.1, 0.15) is 0 Å². The van der Waals surface area contributed by atoms with Gasteiger partial charge >= 0.3 is 59.5 Å². The molecule has 0 N–H and O–H groups in total. The summed E-state index contributed by atoms with van der Waals surface area (Å²) in [5.74, 6) is 0.573. The fourth-order valence-electron chi connectivity index (χ4n) is 4.84. The standard InChI is InChI=1S/C13H9.C13H21.C6H10.Zr/c1-3-7-12-10(5-1)9-11-6-2-4-8-13(11)12;1-6-10-8-11(7-2)12(9-10)13(3,4)5;1-2-4-6-5-3-1;/h1-5,7-8H,9H2;9-10H,6-7H2,1-5H3;1-5H2;/q2*-1;;+2. The number of fused-ring (bicyclic) bond motifs is 3. The minimum absolute atomic E-state index is 0.294. The zero-order valence-corrected chi connectivity index (χ0v) is 23.8. The van der Waals surface area contributed by atoms with Crippen molar-refractivity contribution in [2.45, 2.75) is 86.0 Å². The Kier molecular flexibility index (Phi) is 9.87. The second-order valence-corrected chi connectivity index (χ2v) is 12.1. The van der Waals surface area contributed by atoms with Crippen molar-refractivity contribution < 1.29 is 24.2 Å². The Morgan fingerprint density at radius 3 is 2.21 bits per heavy atom. The molecule has 1 fully saturated rings. The Balaban J connectivity index is 0.000000146. The van der Waals surface area contributed by atoms with Crippen LogP contribution in [-0.2, 0) is 30.7 Å². The maximum absolute atomic E-state index is 3.57. The van der Waals surface area contributed by atoms with Crippen molar-refractivity contribution >= 4 is 3.21 Å². The molecule has 0 heterocycles. The maximum atomic E-state index is 3.57. The van der Waals surface area contributed by atoms with Crippen LogP contribution in [0.2, 0.25) is 0 Å². The topological polar surface area (TPSA) is 0 Å². The summed E-state index contributed by atoms with van der Waals surface area (Å²) in [6, 6.07) is 18.1. The number of rotatable bonds is 2. The molecule has 5 rings (SSSR count). The normalized spacial score (nSPS) is 18.8. The van der Waals surface area contributed by atoms with Crippen LogP contribution in [0.15, 0.2) is 59.7 Å². The van der Waals surface area contributed by atoms with Gasteiger partial charge in [0.2, 0.25) is 0 Å². The predicted octanol–water partition coefficient (Wildman–Crippen LogP) is 8.87. The van der Waals surface area contributed by atoms with Crippen molar-refractivity contribution in [1.29, 1.82) is 0 Å². The Labute approximate surface area is 217 Å². The van der Waals surface area contributed by atoms with Crippen LogP contribution in [0.1, 0.15) is 90.7 Å². The first kappa shape index (κ1) is 26.3. The van der Waals surface area contributed by atoms with Crippen LogP contribution in [0.5, 0.6) is 0 Å². The van der Waals surface area contributed by atoms with Crippen molar-refractivity contribution in [2.75, 3.05) is 0 Å². The summed E-state index contributed by atoms with van der Waals surface area (Å²) in [6.45, 7) is 11.3. The van der Waals surface area contributed by atoms with Crippen LogP contribution in [0.25, 0.3) is 11.1 Å². The van der Waals surface area contributed by atoms with Gasteiger partial charge in [-0.05, 0) is 6.42 Å². The van der Waals surface area contributed by atoms with Crippen molar-refractivity contribution in [2.24, 2.45) is 11.3 Å². The molecule has 1 atom stereocenters. The average molecular weight is 516 g/mol. The first-order valence-electron chi connectivity index (χ1n) is 12.8. The van der Waals surface area contributed by atoms with E-state index < -0.39 is 0 Å². The molecule has 172 valence electrons. The maximum Gasteiger partial charge on any atom is -0.0253 e. The number of benzene rings is 2. The second-order valence-electron chi connectivity index (χ2n) is 10.4. The third-order valence-electron chi connectivity index (χ3n) is 6.73. The summed E-state index contributed by atoms with van der Waals surface area (Å²) < 4.78 is 1.80. The zero-order valence-electron chi connectivity index (χ0n) is 21.4. The molecule has 0 saturated heterocycles. The Bertz CT molecular complexity index is 948. The zero-order chi connectivity index (χ0) is 23.8. The van der Waals surface area contributed by atoms with E-state index in [1.807, 2.05) is 6.07 Å². The summed E-state index contributed by atoms with van der Waals surface area (Å²) in [5, 5.41) is 0. The number of hydrogen-bond acceptors (Lipinski definition) is 0. The first-order valence-corrected chi connectivity index (χ1v) is 14.1. The van der Waals surface area contributed by atoms with E-state index in [2.05, 4.69) is 89.2 Å². The van der Waals surface area contributed by atoms with E-state index in [4.69, 9.17) is 0 Å². The Hall–Kier alpha value is -1.33. The number of allylic oxidation sites excluding steroid dienone is 4. The third kappa shape index (κ3) is 7.33. The van der Waals surface area contributed by atoms with Gasteiger partial charge in [-0.3, -0.25) is 6.08 Å². The second kappa shape index (κ2) is 12.4. The molecule has 0 nitrogen and oxygen atoms in total. The van der Waals surface area contributed by atoms with Gasteiger partial charge in [0.15, 0.2) is 0 Å². The molecule has 33 heavy (non-hydrogen) atoms. The number of hydrogen-bond donors (Lipinski definition) is 0. The van der Waals surface area contributed by atoms with Crippen LogP contribution in [0.3, 0.4) is 0 Å². The fraction of sp³-hybridized carbons (Fsp3) is 0.469. The van der Waals surface area contributed by atoms with Crippen LogP contribution in [0, 0.1) is 23.5 Å². The minimum atomic E-state index is 0.294. The molecule has 2 aromatic rings. The molecule has 0 aliphatic heterocycles. The molecule has 1 heteroatoms. The van der Waals surface area contributed by atoms with E-state index in [1.165, 1.54) is 71.9 Å². The summed E-state index contributed by atoms with van der Waals surface area (Å²) in [6.07, 6.45) is 16.6. The van der Waals surface area contributed by atoms with Crippen LogP contribution in [-0.4, -0.2) is 3.21 Å². The first-order chi connectivity index (χ1) is 15.8. The van der Waals surface area contributed by atoms with E-state index in [0.29, 0.717) is 11.3 Å². The van der Waals surface area contributed by atoms with Gasteiger partial charge in [0.25, 0.3) is 0 Å². The van der Waals surface area contributed by atoms with Crippen LogP contribution in [0.4, 0.5) is 0 Å². The molecule has 3 aliphatic carbocycles. The van der Waals surface area contributed by atoms with E-state index in [9.17, 15) is 0 Å². The molecular weight excluding hydrogens is 476 g/mol. The minimum Gasteiger partial charge on any atom is -0.179 e. The van der Waals surface area contributed by atoms with Crippen LogP contribution < -0.4 is 0 Å². The van der Waals surface area contributed by atoms with Crippen molar-refractivity contribution in [1.82, 2.24) is 0 Å². The van der Waals surface area contributed by atoms with Gasteiger partial charge in [-0.1, -0.05) is 94.2 Å². The molecule has 0 spiro atoms. The van der Waals surface area contributed by atoms with Crippen molar-refractivity contribution in [3.63, 3.8) is 0 Å². The van der Waals surface area contributed by atoms with Crippen molar-refractivity contribution in [3.8, 4) is 11.1 Å². The molecule has 2 aromatic carbocycles. The molecule has 1 unspecified atom stereocenters. The molecule has 0 radical (unpaired) electrons. The van der Waals surface area contributed by atoms with E-state index in [-0.39, 0.29) is 0 Å². The monoisotopic (exact) mass is 514 g/mol. The molecule has 3 aliphatic rings. The largest absolute Gasteiger partial charge is 0.179 e. The van der Waals surface area contributed by atoms with Gasteiger partial charge in [-0.25, -0.2) is 5.57 Å². The Morgan fingerprint density at radius 2 is 1.64 bits per heavy atom. The van der Waals surface area contributed by atoms with Gasteiger partial charge in [-0.15, -0.1) is 5.56 Å². The average Bonchev–Trinajstić information content (AvgIpc) is 3.42. The molecule has 0 bridgehead atoms. The summed E-state index contributed by atoms with van der Waals surface area (Å²) >= 11 is 1.69. The Morgan fingerprint density at radius 1 is 0.939 bits per heavy atom. The fourth-order valence-corrected chi connectivity index (χ4v) is 5.71. The van der Waals surface area contributed by atoms with Crippen LogP contribution >= 0.6 is 0 Å². The van der Waals surface area contributed by atoms with Gasteiger partial charge < -0.3 is 0 Å². The molecule has 0 amide bonds. The predicted molar refractivity (Wildman–Crippen MR) is 140 cm³/mol. The van der Waals surface area contributed by atoms with E-state index in [0.717, 1.165) is 12.8 Å². The van der Waals surface area contributed by atoms with Gasteiger partial charge in [-0.2, -0.15) is 41.5 Å². The summed E-state index contributed by atoms with van der Waals surface area (Å²) in [5.41, 5.74) is 8.76. The quantitative estimate of drug-likeness (QED) is 0.299. The van der Waals surface area contributed by atoms with E-state index >= 15 is 0 Å². The van der Waals surface area contributed by atoms with Crippen molar-refractivity contribution in [3.05, 3.63) is 83.0 Å². The molecule has 1 saturated carbocycles. The molecular formula is C32H40Zr. The summed E-state index contributed by atoms with van der Waals surface area (Å²) in [4.78, 5) is 0. The third-order valence-corrected chi connectivity index (χ3v) is 7.96. The smallest absolute Gasteiger partial charge is 0.0253 e. The van der Waals surface area contributed by atoms with Gasteiger partial charge in [0.05, 0.1) is 0 Å².